The second-order valence-corrected chi connectivity index (χ2v) is 5.91. The van der Waals surface area contributed by atoms with E-state index in [9.17, 15) is 9.59 Å². The van der Waals surface area contributed by atoms with Crippen molar-refractivity contribution in [3.8, 4) is 0 Å². The highest BCUT2D eigenvalue weighted by Crippen LogP contribution is 2.22. The lowest BCUT2D eigenvalue weighted by Gasteiger charge is -2.36. The molecule has 2 aromatic rings. The normalized spacial score (nSPS) is 21.0. The third-order valence-corrected chi connectivity index (χ3v) is 4.36. The summed E-state index contributed by atoms with van der Waals surface area (Å²) in [7, 11) is 0. The Kier molecular flexibility index (Phi) is 4.53. The summed E-state index contributed by atoms with van der Waals surface area (Å²) in [6.45, 7) is 0.974. The maximum Gasteiger partial charge on any atom is 0.253 e. The van der Waals surface area contributed by atoms with Crippen molar-refractivity contribution in [2.45, 2.75) is 12.5 Å². The SMILES string of the molecule is NC1CN(C(=O)c2ccccc2)CCC1C(=O)c1ccccc1. The molecule has 1 aliphatic heterocycles. The minimum absolute atomic E-state index is 0.0216. The van der Waals surface area contributed by atoms with Crippen LogP contribution in [0.1, 0.15) is 27.1 Å². The van der Waals surface area contributed by atoms with Crippen LogP contribution in [0.25, 0.3) is 0 Å². The number of nitrogens with two attached hydrogens (primary N) is 1. The number of hydrogen-bond acceptors (Lipinski definition) is 3. The van der Waals surface area contributed by atoms with Crippen LogP contribution in [0.2, 0.25) is 0 Å². The van der Waals surface area contributed by atoms with E-state index in [1.165, 1.54) is 0 Å². The van der Waals surface area contributed by atoms with Crippen LogP contribution in [0.5, 0.6) is 0 Å². The molecule has 1 heterocycles. The summed E-state index contributed by atoms with van der Waals surface area (Å²) in [5.41, 5.74) is 7.56. The van der Waals surface area contributed by atoms with E-state index in [-0.39, 0.29) is 23.7 Å². The molecule has 0 bridgehead atoms. The van der Waals surface area contributed by atoms with E-state index in [1.807, 2.05) is 48.5 Å². The number of rotatable bonds is 3. The van der Waals surface area contributed by atoms with E-state index in [1.54, 1.807) is 17.0 Å². The van der Waals surface area contributed by atoms with Gasteiger partial charge < -0.3 is 10.6 Å². The monoisotopic (exact) mass is 308 g/mol. The fourth-order valence-electron chi connectivity index (χ4n) is 3.07. The van der Waals surface area contributed by atoms with E-state index in [4.69, 9.17) is 5.73 Å². The number of benzene rings is 2. The average Bonchev–Trinajstić information content (AvgIpc) is 2.62. The van der Waals surface area contributed by atoms with Crippen molar-refractivity contribution in [2.24, 2.45) is 11.7 Å². The molecular weight excluding hydrogens is 288 g/mol. The first-order valence-corrected chi connectivity index (χ1v) is 7.86. The van der Waals surface area contributed by atoms with Crippen molar-refractivity contribution in [3.63, 3.8) is 0 Å². The standard InChI is InChI=1S/C19H20N2O2/c20-17-13-21(19(23)15-9-5-2-6-10-15)12-11-16(17)18(22)14-7-3-1-4-8-14/h1-10,16-17H,11-13,20H2. The van der Waals surface area contributed by atoms with E-state index in [0.29, 0.717) is 30.6 Å². The number of carbonyl (C=O) groups is 2. The van der Waals surface area contributed by atoms with Gasteiger partial charge >= 0.3 is 0 Å². The number of Topliss-reactive ketones (excluding diaryl/α,β-unsaturated/α-hetero) is 1. The molecule has 2 atom stereocenters. The molecule has 1 amide bonds. The minimum atomic E-state index is -0.330. The predicted molar refractivity (Wildman–Crippen MR) is 89.2 cm³/mol. The Balaban J connectivity index is 1.68. The van der Waals surface area contributed by atoms with E-state index >= 15 is 0 Å². The first-order valence-electron chi connectivity index (χ1n) is 7.86. The van der Waals surface area contributed by atoms with Crippen molar-refractivity contribution in [2.75, 3.05) is 13.1 Å². The Hall–Kier alpha value is -2.46. The summed E-state index contributed by atoms with van der Waals surface area (Å²) in [5, 5.41) is 0. The van der Waals surface area contributed by atoms with Crippen LogP contribution in [-0.2, 0) is 0 Å². The zero-order chi connectivity index (χ0) is 16.2. The fraction of sp³-hybridized carbons (Fsp3) is 0.263. The van der Waals surface area contributed by atoms with Crippen molar-refractivity contribution >= 4 is 11.7 Å². The van der Waals surface area contributed by atoms with E-state index < -0.39 is 0 Å². The predicted octanol–water partition coefficient (Wildman–Crippen LogP) is 2.36. The molecule has 0 aliphatic carbocycles. The quantitative estimate of drug-likeness (QED) is 0.885. The average molecular weight is 308 g/mol. The number of likely N-dealkylation sites (tertiary alicyclic amines) is 1. The van der Waals surface area contributed by atoms with Gasteiger partial charge in [-0.2, -0.15) is 0 Å². The lowest BCUT2D eigenvalue weighted by molar-refractivity contribution is 0.0618. The largest absolute Gasteiger partial charge is 0.337 e. The van der Waals surface area contributed by atoms with Gasteiger partial charge in [-0.3, -0.25) is 9.59 Å². The van der Waals surface area contributed by atoms with Crippen LogP contribution in [0.15, 0.2) is 60.7 Å². The van der Waals surface area contributed by atoms with Gasteiger partial charge in [-0.25, -0.2) is 0 Å². The summed E-state index contributed by atoms with van der Waals surface area (Å²) < 4.78 is 0. The first kappa shape index (κ1) is 15.4. The molecule has 1 saturated heterocycles. The van der Waals surface area contributed by atoms with Gasteiger partial charge in [0.1, 0.15) is 0 Å². The molecule has 118 valence electrons. The zero-order valence-electron chi connectivity index (χ0n) is 12.9. The lowest BCUT2D eigenvalue weighted by atomic mass is 9.85. The fourth-order valence-corrected chi connectivity index (χ4v) is 3.07. The molecule has 23 heavy (non-hydrogen) atoms. The second-order valence-electron chi connectivity index (χ2n) is 5.91. The van der Waals surface area contributed by atoms with Gasteiger partial charge in [0, 0.05) is 36.2 Å². The zero-order valence-corrected chi connectivity index (χ0v) is 12.9. The van der Waals surface area contributed by atoms with Crippen LogP contribution in [0.3, 0.4) is 0 Å². The number of hydrogen-bond donors (Lipinski definition) is 1. The Bertz CT molecular complexity index is 685. The third kappa shape index (κ3) is 3.32. The summed E-state index contributed by atoms with van der Waals surface area (Å²) in [4.78, 5) is 26.8. The van der Waals surface area contributed by atoms with Gasteiger partial charge in [-0.05, 0) is 18.6 Å². The maximum absolute atomic E-state index is 12.6. The smallest absolute Gasteiger partial charge is 0.253 e. The number of nitrogens with zero attached hydrogens (tertiary/aromatic N) is 1. The van der Waals surface area contributed by atoms with Gasteiger partial charge in [0.25, 0.3) is 5.91 Å². The summed E-state index contributed by atoms with van der Waals surface area (Å²) in [5.74, 6) is -0.172. The van der Waals surface area contributed by atoms with Gasteiger partial charge in [0.2, 0.25) is 0 Å². The van der Waals surface area contributed by atoms with Crippen LogP contribution in [0, 0.1) is 5.92 Å². The molecule has 0 aromatic heterocycles. The van der Waals surface area contributed by atoms with Crippen molar-refractivity contribution in [3.05, 3.63) is 71.8 Å². The molecular formula is C19H20N2O2. The highest BCUT2D eigenvalue weighted by atomic mass is 16.2. The molecule has 0 spiro atoms. The highest BCUT2D eigenvalue weighted by molar-refractivity contribution is 5.99. The van der Waals surface area contributed by atoms with Crippen molar-refractivity contribution in [1.29, 1.82) is 0 Å². The van der Waals surface area contributed by atoms with Crippen LogP contribution >= 0.6 is 0 Å². The molecule has 1 aliphatic rings. The van der Waals surface area contributed by atoms with Gasteiger partial charge in [0.05, 0.1) is 0 Å². The molecule has 0 saturated carbocycles. The molecule has 1 fully saturated rings. The Morgan fingerprint density at radius 3 is 2.04 bits per heavy atom. The first-order chi connectivity index (χ1) is 11.2. The van der Waals surface area contributed by atoms with E-state index in [0.717, 1.165) is 0 Å². The molecule has 2 unspecified atom stereocenters. The molecule has 2 N–H and O–H groups in total. The van der Waals surface area contributed by atoms with Crippen LogP contribution in [0.4, 0.5) is 0 Å². The van der Waals surface area contributed by atoms with E-state index in [2.05, 4.69) is 0 Å². The Labute approximate surface area is 135 Å². The lowest BCUT2D eigenvalue weighted by Crippen LogP contribution is -2.52. The maximum atomic E-state index is 12.6. The van der Waals surface area contributed by atoms with Crippen molar-refractivity contribution < 1.29 is 9.59 Å². The number of carbonyl (C=O) groups excluding carboxylic acids is 2. The van der Waals surface area contributed by atoms with Gasteiger partial charge in [-0.1, -0.05) is 48.5 Å². The minimum Gasteiger partial charge on any atom is -0.337 e. The summed E-state index contributed by atoms with van der Waals surface area (Å²) in [6.07, 6.45) is 0.605. The molecule has 3 rings (SSSR count). The number of piperidine rings is 1. The van der Waals surface area contributed by atoms with Crippen LogP contribution < -0.4 is 5.73 Å². The Morgan fingerprint density at radius 2 is 1.48 bits per heavy atom. The molecule has 0 radical (unpaired) electrons. The molecule has 4 heteroatoms. The third-order valence-electron chi connectivity index (χ3n) is 4.36. The molecule has 2 aromatic carbocycles. The highest BCUT2D eigenvalue weighted by Gasteiger charge is 2.34. The summed E-state index contributed by atoms with van der Waals surface area (Å²) >= 11 is 0. The van der Waals surface area contributed by atoms with Gasteiger partial charge in [0.15, 0.2) is 5.78 Å². The topological polar surface area (TPSA) is 63.4 Å². The van der Waals surface area contributed by atoms with Gasteiger partial charge in [-0.15, -0.1) is 0 Å². The number of ketones is 1. The van der Waals surface area contributed by atoms with Crippen molar-refractivity contribution in [1.82, 2.24) is 4.90 Å². The van der Waals surface area contributed by atoms with Crippen LogP contribution in [-0.4, -0.2) is 35.7 Å². The second kappa shape index (κ2) is 6.75. The summed E-state index contributed by atoms with van der Waals surface area (Å²) in [6, 6.07) is 18.1. The Morgan fingerprint density at radius 1 is 0.913 bits per heavy atom. The molecule has 4 nitrogen and oxygen atoms in total. The number of amides is 1.